The molecule has 1 fully saturated rings. The van der Waals surface area contributed by atoms with Gasteiger partial charge in [-0.15, -0.1) is 11.3 Å². The van der Waals surface area contributed by atoms with Crippen molar-refractivity contribution in [2.75, 3.05) is 26.1 Å². The molecule has 0 unspecified atom stereocenters. The summed E-state index contributed by atoms with van der Waals surface area (Å²) in [6.07, 6.45) is 1.78. The highest BCUT2D eigenvalue weighted by Crippen LogP contribution is 2.39. The Bertz CT molecular complexity index is 1080. The first kappa shape index (κ1) is 20.9. The van der Waals surface area contributed by atoms with Crippen LogP contribution in [0, 0.1) is 0 Å². The summed E-state index contributed by atoms with van der Waals surface area (Å²) < 4.78 is 10.9. The van der Waals surface area contributed by atoms with Gasteiger partial charge in [-0.1, -0.05) is 12.1 Å². The quantitative estimate of drug-likeness (QED) is 0.591. The zero-order chi connectivity index (χ0) is 21.8. The van der Waals surface area contributed by atoms with E-state index in [9.17, 15) is 9.59 Å². The molecule has 2 aromatic carbocycles. The van der Waals surface area contributed by atoms with Crippen LogP contribution in [0.1, 0.15) is 44.5 Å². The second-order valence-corrected chi connectivity index (χ2v) is 8.22. The number of carbonyl (C=O) groups excluding carboxylic acids is 2. The SMILES string of the molecule is COc1ccc([C@@H]2CCCN2C(=O)c2cccc(NC(=O)c3cccs3)c2)c(OC)c1. The van der Waals surface area contributed by atoms with Crippen LogP contribution in [0.15, 0.2) is 60.0 Å². The Morgan fingerprint density at radius 1 is 1.06 bits per heavy atom. The predicted molar refractivity (Wildman–Crippen MR) is 121 cm³/mol. The molecule has 2 heterocycles. The average molecular weight is 437 g/mol. The Kier molecular flexibility index (Phi) is 6.23. The van der Waals surface area contributed by atoms with Crippen LogP contribution in [0.2, 0.25) is 0 Å². The molecule has 1 aliphatic rings. The maximum Gasteiger partial charge on any atom is 0.265 e. The Labute approximate surface area is 185 Å². The Morgan fingerprint density at radius 3 is 2.68 bits per heavy atom. The monoisotopic (exact) mass is 436 g/mol. The highest BCUT2D eigenvalue weighted by molar-refractivity contribution is 7.12. The molecule has 0 spiro atoms. The van der Waals surface area contributed by atoms with Gasteiger partial charge in [-0.05, 0) is 54.6 Å². The summed E-state index contributed by atoms with van der Waals surface area (Å²) in [6, 6.07) is 16.3. The van der Waals surface area contributed by atoms with Crippen molar-refractivity contribution < 1.29 is 19.1 Å². The number of benzene rings is 2. The second kappa shape index (κ2) is 9.22. The molecular weight excluding hydrogens is 412 g/mol. The van der Waals surface area contributed by atoms with Crippen molar-refractivity contribution in [2.24, 2.45) is 0 Å². The van der Waals surface area contributed by atoms with Crippen LogP contribution in [-0.2, 0) is 0 Å². The van der Waals surface area contributed by atoms with E-state index < -0.39 is 0 Å². The Morgan fingerprint density at radius 2 is 1.94 bits per heavy atom. The van der Waals surface area contributed by atoms with Gasteiger partial charge in [0.2, 0.25) is 0 Å². The van der Waals surface area contributed by atoms with E-state index in [1.54, 1.807) is 44.6 Å². The lowest BCUT2D eigenvalue weighted by molar-refractivity contribution is 0.0734. The summed E-state index contributed by atoms with van der Waals surface area (Å²) in [5.74, 6) is 1.18. The molecule has 31 heavy (non-hydrogen) atoms. The number of anilines is 1. The molecule has 1 atom stereocenters. The minimum Gasteiger partial charge on any atom is -0.497 e. The number of likely N-dealkylation sites (tertiary alicyclic amines) is 1. The molecule has 0 radical (unpaired) electrons. The number of amides is 2. The van der Waals surface area contributed by atoms with Gasteiger partial charge in [0, 0.05) is 29.4 Å². The maximum atomic E-state index is 13.4. The fraction of sp³-hybridized carbons (Fsp3) is 0.250. The Balaban J connectivity index is 1.56. The lowest BCUT2D eigenvalue weighted by Crippen LogP contribution is -2.30. The number of methoxy groups -OCH3 is 2. The largest absolute Gasteiger partial charge is 0.497 e. The van der Waals surface area contributed by atoms with E-state index in [0.717, 1.165) is 18.4 Å². The number of nitrogens with one attached hydrogen (secondary N) is 1. The molecule has 160 valence electrons. The van der Waals surface area contributed by atoms with Gasteiger partial charge in [0.15, 0.2) is 0 Å². The fourth-order valence-corrected chi connectivity index (χ4v) is 4.54. The first-order valence-electron chi connectivity index (χ1n) is 10.1. The molecule has 6 nitrogen and oxygen atoms in total. The number of hydrogen-bond donors (Lipinski definition) is 1. The number of ether oxygens (including phenoxy) is 2. The van der Waals surface area contributed by atoms with E-state index >= 15 is 0 Å². The highest BCUT2D eigenvalue weighted by atomic mass is 32.1. The van der Waals surface area contributed by atoms with Crippen LogP contribution < -0.4 is 14.8 Å². The number of rotatable bonds is 6. The van der Waals surface area contributed by atoms with E-state index in [0.29, 0.717) is 34.2 Å². The van der Waals surface area contributed by atoms with Crippen molar-refractivity contribution in [3.63, 3.8) is 0 Å². The van der Waals surface area contributed by atoms with E-state index in [1.165, 1.54) is 11.3 Å². The average Bonchev–Trinajstić information content (AvgIpc) is 3.50. The van der Waals surface area contributed by atoms with E-state index in [2.05, 4.69) is 5.32 Å². The molecule has 7 heteroatoms. The van der Waals surface area contributed by atoms with Crippen molar-refractivity contribution in [1.29, 1.82) is 0 Å². The van der Waals surface area contributed by atoms with E-state index in [4.69, 9.17) is 9.47 Å². The molecule has 1 N–H and O–H groups in total. The highest BCUT2D eigenvalue weighted by Gasteiger charge is 2.32. The molecular formula is C24H24N2O4S. The summed E-state index contributed by atoms with van der Waals surface area (Å²) in [4.78, 5) is 28.2. The third-order valence-electron chi connectivity index (χ3n) is 5.43. The maximum absolute atomic E-state index is 13.4. The van der Waals surface area contributed by atoms with Crippen LogP contribution in [0.4, 0.5) is 5.69 Å². The molecule has 2 amide bonds. The van der Waals surface area contributed by atoms with Crippen molar-refractivity contribution in [1.82, 2.24) is 4.90 Å². The molecule has 4 rings (SSSR count). The van der Waals surface area contributed by atoms with Gasteiger partial charge in [-0.2, -0.15) is 0 Å². The van der Waals surface area contributed by atoms with Crippen molar-refractivity contribution in [3.05, 3.63) is 76.0 Å². The molecule has 1 aliphatic heterocycles. The zero-order valence-electron chi connectivity index (χ0n) is 17.5. The molecule has 1 saturated heterocycles. The van der Waals surface area contributed by atoms with Gasteiger partial charge >= 0.3 is 0 Å². The summed E-state index contributed by atoms with van der Waals surface area (Å²) in [7, 11) is 3.24. The zero-order valence-corrected chi connectivity index (χ0v) is 18.3. The minimum atomic E-state index is -0.179. The van der Waals surface area contributed by atoms with Crippen LogP contribution in [0.25, 0.3) is 0 Å². The van der Waals surface area contributed by atoms with Gasteiger partial charge < -0.3 is 19.7 Å². The van der Waals surface area contributed by atoms with Gasteiger partial charge in [-0.25, -0.2) is 0 Å². The van der Waals surface area contributed by atoms with Crippen LogP contribution in [0.5, 0.6) is 11.5 Å². The van der Waals surface area contributed by atoms with Gasteiger partial charge in [0.05, 0.1) is 25.1 Å². The molecule has 0 bridgehead atoms. The number of hydrogen-bond acceptors (Lipinski definition) is 5. The predicted octanol–water partition coefficient (Wildman–Crippen LogP) is 4.99. The first-order valence-corrected chi connectivity index (χ1v) is 11.0. The van der Waals surface area contributed by atoms with Crippen LogP contribution in [0.3, 0.4) is 0 Å². The lowest BCUT2D eigenvalue weighted by atomic mass is 10.0. The summed E-state index contributed by atoms with van der Waals surface area (Å²) >= 11 is 1.38. The van der Waals surface area contributed by atoms with Gasteiger partial charge in [0.1, 0.15) is 11.5 Å². The number of nitrogens with zero attached hydrogens (tertiary/aromatic N) is 1. The van der Waals surface area contributed by atoms with Gasteiger partial charge in [-0.3, -0.25) is 9.59 Å². The topological polar surface area (TPSA) is 67.9 Å². The smallest absolute Gasteiger partial charge is 0.265 e. The molecule has 0 saturated carbocycles. The first-order chi connectivity index (χ1) is 15.1. The molecule has 0 aliphatic carbocycles. The minimum absolute atomic E-state index is 0.0624. The fourth-order valence-electron chi connectivity index (χ4n) is 3.92. The van der Waals surface area contributed by atoms with Crippen LogP contribution >= 0.6 is 11.3 Å². The summed E-state index contributed by atoms with van der Waals surface area (Å²) in [5, 5.41) is 4.73. The third kappa shape index (κ3) is 4.41. The summed E-state index contributed by atoms with van der Waals surface area (Å²) in [6.45, 7) is 0.671. The standard InChI is InChI=1S/C24H24N2O4S/c1-29-18-10-11-19(21(15-18)30-2)20-8-4-12-26(20)24(28)16-6-3-7-17(14-16)25-23(27)22-9-5-13-31-22/h3,5-7,9-11,13-15,20H,4,8,12H2,1-2H3,(H,25,27)/t20-/m0/s1. The van der Waals surface area contributed by atoms with Crippen molar-refractivity contribution >= 4 is 28.8 Å². The van der Waals surface area contributed by atoms with Crippen molar-refractivity contribution in [3.8, 4) is 11.5 Å². The number of thiophene rings is 1. The van der Waals surface area contributed by atoms with Crippen molar-refractivity contribution in [2.45, 2.75) is 18.9 Å². The molecule has 1 aromatic heterocycles. The van der Waals surface area contributed by atoms with Gasteiger partial charge in [0.25, 0.3) is 11.8 Å². The lowest BCUT2D eigenvalue weighted by Gasteiger charge is -2.27. The second-order valence-electron chi connectivity index (χ2n) is 7.28. The summed E-state index contributed by atoms with van der Waals surface area (Å²) in [5.41, 5.74) is 2.11. The molecule has 3 aromatic rings. The Hall–Kier alpha value is -3.32. The third-order valence-corrected chi connectivity index (χ3v) is 6.29. The van der Waals surface area contributed by atoms with Crippen LogP contribution in [-0.4, -0.2) is 37.5 Å². The number of carbonyl (C=O) groups is 2. The van der Waals surface area contributed by atoms with E-state index in [1.807, 2.05) is 34.5 Å². The normalized spacial score (nSPS) is 15.5. The van der Waals surface area contributed by atoms with E-state index in [-0.39, 0.29) is 17.9 Å².